The molecule has 0 fully saturated rings. The lowest BCUT2D eigenvalue weighted by Crippen LogP contribution is -2.53. The number of hydrogen-bond acceptors (Lipinski definition) is 11. The van der Waals surface area contributed by atoms with Crippen molar-refractivity contribution >= 4 is 41.6 Å². The van der Waals surface area contributed by atoms with Crippen LogP contribution in [-0.2, 0) is 35.1 Å². The minimum Gasteiger partial charge on any atom is -0.491 e. The molecule has 6 amide bonds. The Kier molecular flexibility index (Phi) is 18.7. The van der Waals surface area contributed by atoms with E-state index in [-0.39, 0.29) is 44.9 Å². The number of likely N-dealkylation sites (N-methyl/N-ethyl adjacent to an activating group) is 1. The van der Waals surface area contributed by atoms with E-state index < -0.39 is 71.7 Å². The molecule has 0 aliphatic carbocycles. The van der Waals surface area contributed by atoms with Crippen LogP contribution in [0.2, 0.25) is 0 Å². The maximum atomic E-state index is 14.6. The summed E-state index contributed by atoms with van der Waals surface area (Å²) in [4.78, 5) is 95.6. The molecule has 380 valence electrons. The van der Waals surface area contributed by atoms with Crippen LogP contribution in [-0.4, -0.2) is 110 Å². The second-order valence-electron chi connectivity index (χ2n) is 19.4. The van der Waals surface area contributed by atoms with Crippen molar-refractivity contribution < 1.29 is 52.5 Å². The number of aryl methyl sites for hydroxylation is 1. The fraction of sp³-hybridized carbons (Fsp3) is 0.426. The van der Waals surface area contributed by atoms with Crippen LogP contribution in [0, 0.1) is 6.92 Å². The Morgan fingerprint density at radius 3 is 1.77 bits per heavy atom. The molecule has 5 rings (SSSR count). The molecule has 4 bridgehead atoms. The summed E-state index contributed by atoms with van der Waals surface area (Å²) in [7, 11) is 1.42. The number of Topliss-reactive ketones (excluding diaryl/α,β-unsaturated/α-hetero) is 1. The summed E-state index contributed by atoms with van der Waals surface area (Å²) in [5.41, 5.74) is 3.70. The summed E-state index contributed by atoms with van der Waals surface area (Å²) in [6, 6.07) is 21.6. The van der Waals surface area contributed by atoms with Crippen molar-refractivity contribution in [1.82, 2.24) is 31.5 Å². The van der Waals surface area contributed by atoms with Crippen molar-refractivity contribution in [3.8, 4) is 33.8 Å². The molecule has 17 nitrogen and oxygen atoms in total. The van der Waals surface area contributed by atoms with Crippen LogP contribution in [0.1, 0.15) is 101 Å². The van der Waals surface area contributed by atoms with Crippen molar-refractivity contribution in [3.63, 3.8) is 0 Å². The molecule has 3 atom stereocenters. The lowest BCUT2D eigenvalue weighted by Gasteiger charge is -2.30. The third-order valence-corrected chi connectivity index (χ3v) is 11.1. The van der Waals surface area contributed by atoms with Gasteiger partial charge in [0.15, 0.2) is 5.78 Å². The van der Waals surface area contributed by atoms with E-state index in [0.29, 0.717) is 45.7 Å². The Morgan fingerprint density at radius 1 is 0.690 bits per heavy atom. The molecule has 0 saturated carbocycles. The first-order valence-electron chi connectivity index (χ1n) is 23.8. The third-order valence-electron chi connectivity index (χ3n) is 11.1. The Hall–Kier alpha value is -7.43. The highest BCUT2D eigenvalue weighted by Crippen LogP contribution is 2.40. The van der Waals surface area contributed by atoms with Crippen LogP contribution in [0.25, 0.3) is 22.3 Å². The van der Waals surface area contributed by atoms with E-state index in [2.05, 4.69) is 26.6 Å². The molecule has 0 aromatic heterocycles. The highest BCUT2D eigenvalue weighted by Gasteiger charge is 2.33. The van der Waals surface area contributed by atoms with Gasteiger partial charge in [-0.3, -0.25) is 24.0 Å². The van der Waals surface area contributed by atoms with E-state index in [1.165, 1.54) is 18.9 Å². The predicted octanol–water partition coefficient (Wildman–Crippen LogP) is 6.98. The summed E-state index contributed by atoms with van der Waals surface area (Å²) in [6.45, 7) is 15.5. The van der Waals surface area contributed by atoms with Crippen LogP contribution in [0.15, 0.2) is 84.9 Å². The Balaban J connectivity index is 1.53. The number of ether oxygens (including phenoxy) is 4. The quantitative estimate of drug-likeness (QED) is 0.0722. The number of hydrogen-bond donors (Lipinski definition) is 5. The van der Waals surface area contributed by atoms with Crippen molar-refractivity contribution in [2.45, 2.75) is 111 Å². The van der Waals surface area contributed by atoms with Gasteiger partial charge in [-0.15, -0.1) is 0 Å². The number of alkyl carbamates (subject to hydrolysis) is 2. The summed E-state index contributed by atoms with van der Waals surface area (Å²) in [6.07, 6.45) is -0.450. The number of amides is 6. The number of rotatable bonds is 16. The zero-order valence-corrected chi connectivity index (χ0v) is 42.4. The van der Waals surface area contributed by atoms with Gasteiger partial charge in [0.2, 0.25) is 17.7 Å². The lowest BCUT2D eigenvalue weighted by atomic mass is 9.92. The maximum absolute atomic E-state index is 14.6. The number of carbonyl (C=O) groups is 7. The van der Waals surface area contributed by atoms with Gasteiger partial charge in [0.1, 0.15) is 48.0 Å². The average Bonchev–Trinajstić information content (AvgIpc) is 3.30. The minimum absolute atomic E-state index is 0.00226. The molecule has 1 heterocycles. The van der Waals surface area contributed by atoms with Gasteiger partial charge in [0.25, 0.3) is 5.91 Å². The highest BCUT2D eigenvalue weighted by atomic mass is 16.6. The first-order valence-corrected chi connectivity index (χ1v) is 23.8. The molecule has 4 aromatic rings. The first kappa shape index (κ1) is 54.5. The van der Waals surface area contributed by atoms with E-state index in [1.807, 2.05) is 50.2 Å². The number of benzene rings is 4. The first-order chi connectivity index (χ1) is 33.5. The Morgan fingerprint density at radius 2 is 1.23 bits per heavy atom. The second-order valence-corrected chi connectivity index (χ2v) is 19.4. The Bertz CT molecular complexity index is 2550. The fourth-order valence-corrected chi connectivity index (χ4v) is 7.54. The van der Waals surface area contributed by atoms with Crippen molar-refractivity contribution in [2.75, 3.05) is 39.9 Å². The largest absolute Gasteiger partial charge is 0.491 e. The van der Waals surface area contributed by atoms with Gasteiger partial charge in [-0.1, -0.05) is 61.0 Å². The monoisotopic (exact) mass is 976 g/mol. The maximum Gasteiger partial charge on any atom is 0.407 e. The average molecular weight is 977 g/mol. The molecule has 1 aliphatic rings. The molecule has 5 N–H and O–H groups in total. The van der Waals surface area contributed by atoms with Gasteiger partial charge in [0.05, 0.1) is 25.7 Å². The van der Waals surface area contributed by atoms with Crippen LogP contribution in [0.5, 0.6) is 11.5 Å². The number of nitrogens with one attached hydrogen (secondary N) is 5. The van der Waals surface area contributed by atoms with E-state index in [4.69, 9.17) is 18.9 Å². The summed E-state index contributed by atoms with van der Waals surface area (Å²) < 4.78 is 23.4. The lowest BCUT2D eigenvalue weighted by molar-refractivity contribution is -0.139. The van der Waals surface area contributed by atoms with Crippen LogP contribution in [0.3, 0.4) is 0 Å². The number of ketones is 1. The van der Waals surface area contributed by atoms with Gasteiger partial charge in [-0.05, 0) is 127 Å². The fourth-order valence-electron chi connectivity index (χ4n) is 7.54. The van der Waals surface area contributed by atoms with Crippen LogP contribution < -0.4 is 36.1 Å². The van der Waals surface area contributed by atoms with E-state index >= 15 is 0 Å². The van der Waals surface area contributed by atoms with Crippen molar-refractivity contribution in [1.29, 1.82) is 0 Å². The van der Waals surface area contributed by atoms with Gasteiger partial charge >= 0.3 is 12.2 Å². The van der Waals surface area contributed by atoms with E-state index in [0.717, 1.165) is 16.7 Å². The van der Waals surface area contributed by atoms with Gasteiger partial charge in [-0.2, -0.15) is 0 Å². The summed E-state index contributed by atoms with van der Waals surface area (Å²) in [5.74, 6) is -2.05. The molecule has 2 unspecified atom stereocenters. The minimum atomic E-state index is -1.38. The topological polar surface area (TPSA) is 220 Å². The summed E-state index contributed by atoms with van der Waals surface area (Å²) >= 11 is 0. The number of fused-ring (bicyclic) bond motifs is 5. The molecule has 0 spiro atoms. The number of carbonyl (C=O) groups excluding carboxylic acids is 7. The van der Waals surface area contributed by atoms with Gasteiger partial charge in [0, 0.05) is 30.2 Å². The smallest absolute Gasteiger partial charge is 0.407 e. The normalized spacial score (nSPS) is 15.9. The summed E-state index contributed by atoms with van der Waals surface area (Å²) in [5, 5.41) is 13.6. The van der Waals surface area contributed by atoms with Gasteiger partial charge < -0.3 is 50.4 Å². The zero-order valence-electron chi connectivity index (χ0n) is 42.4. The molecule has 71 heavy (non-hydrogen) atoms. The molecule has 4 aromatic carbocycles. The third kappa shape index (κ3) is 16.3. The molecular weight excluding hydrogens is 909 g/mol. The van der Waals surface area contributed by atoms with Gasteiger partial charge in [-0.25, -0.2) is 9.59 Å². The van der Waals surface area contributed by atoms with Crippen LogP contribution in [0.4, 0.5) is 9.59 Å². The van der Waals surface area contributed by atoms with E-state index in [1.54, 1.807) is 90.1 Å². The molecule has 0 radical (unpaired) electrons. The highest BCUT2D eigenvalue weighted by molar-refractivity contribution is 5.98. The van der Waals surface area contributed by atoms with E-state index in [9.17, 15) is 33.6 Å². The Labute approximate surface area is 416 Å². The number of nitrogens with zero attached hydrogens (tertiary/aromatic N) is 1. The molecule has 1 aliphatic heterocycles. The SMILES string of the molecule is CCCC(=O)C1Cc2ccc(OCCNC(=O)OC(C)(C)C)c(c2)-c2cc(ccc2OCCNC(=O)OC(C)(C)C)C(N(C)C(=O)CNC(=O)c2ccc(-c3ccc(C)cc3)cc2)C(=O)N[C@@H](C)C(=O)N1. The predicted molar refractivity (Wildman–Crippen MR) is 269 cm³/mol. The van der Waals surface area contributed by atoms with Crippen molar-refractivity contribution in [3.05, 3.63) is 107 Å². The molecule has 0 saturated heterocycles. The van der Waals surface area contributed by atoms with Crippen LogP contribution >= 0.6 is 0 Å². The standard InChI is InChI=1S/C54H68N6O11/c1-11-12-43(61)42-30-35-15-23-44(68-27-25-55-51(66)70-53(4,5)6)40(29-35)41-31-39(22-24-45(41)69-28-26-56-52(67)71-54(7,8)9)47(50(65)58-34(3)48(63)59-42)60(10)46(62)32-57-49(64)38-20-18-37(19-21-38)36-16-13-33(2)14-17-36/h13-24,29,31,34,42,47H,11-12,25-28,30,32H2,1-10H3,(H,55,66)(H,56,67)(H,57,64)(H,58,65)(H,59,63)/t34-,42?,47?/m0/s1. The van der Waals surface area contributed by atoms with Crippen molar-refractivity contribution in [2.24, 2.45) is 0 Å². The second kappa shape index (κ2) is 24.4. The zero-order chi connectivity index (χ0) is 52.0. The molecular formula is C54H68N6O11. The molecule has 17 heteroatoms.